The third-order valence-electron chi connectivity index (χ3n) is 4.87. The Morgan fingerprint density at radius 1 is 0.595 bits per heavy atom. The molecular weight excluding hydrogens is 496 g/mol. The maximum Gasteiger partial charge on any atom is 0.335 e. The van der Waals surface area contributed by atoms with E-state index in [1.807, 2.05) is 0 Å². The molecule has 2 rings (SSSR count). The van der Waals surface area contributed by atoms with Gasteiger partial charge < -0.3 is 33.3 Å². The number of nitrogens with zero attached hydrogens (tertiary/aromatic N) is 2. The topological polar surface area (TPSA) is 156 Å². The van der Waals surface area contributed by atoms with Crippen molar-refractivity contribution in [2.45, 2.75) is 19.3 Å². The number of hydrogen-bond acceptors (Lipinski definition) is 12. The molecule has 0 aromatic rings. The van der Waals surface area contributed by atoms with Gasteiger partial charge in [-0.25, -0.2) is 4.79 Å². The third kappa shape index (κ3) is 12.9. The van der Waals surface area contributed by atoms with Gasteiger partial charge in [-0.3, -0.25) is 24.1 Å². The smallest absolute Gasteiger partial charge is 0.335 e. The summed E-state index contributed by atoms with van der Waals surface area (Å²) in [6.07, 6.45) is 2.51. The average Bonchev–Trinajstić information content (AvgIpc) is 3.37. The fourth-order valence-electron chi connectivity index (χ4n) is 2.97. The Morgan fingerprint density at radius 3 is 1.41 bits per heavy atom. The molecule has 4 amide bonds. The van der Waals surface area contributed by atoms with E-state index in [1.54, 1.807) is 0 Å². The highest BCUT2D eigenvalue weighted by atomic mass is 16.7. The Kier molecular flexibility index (Phi) is 15.2. The number of carbonyl (C=O) groups excluding carboxylic acids is 5. The van der Waals surface area contributed by atoms with Crippen molar-refractivity contribution in [2.75, 3.05) is 85.8 Å². The Balaban J connectivity index is 1.23. The largest absolute Gasteiger partial charge is 0.378 e. The maximum absolute atomic E-state index is 11.6. The minimum Gasteiger partial charge on any atom is -0.378 e. The molecule has 1 fully saturated rings. The summed E-state index contributed by atoms with van der Waals surface area (Å²) in [5.74, 6) is -2.38. The molecule has 14 nitrogen and oxygen atoms in total. The van der Waals surface area contributed by atoms with Crippen LogP contribution in [0.15, 0.2) is 12.2 Å². The van der Waals surface area contributed by atoms with E-state index in [-0.39, 0.29) is 57.4 Å². The summed E-state index contributed by atoms with van der Waals surface area (Å²) < 4.78 is 32.0. The molecule has 37 heavy (non-hydrogen) atoms. The second-order valence-corrected chi connectivity index (χ2v) is 7.63. The quantitative estimate of drug-likeness (QED) is 0.125. The maximum atomic E-state index is 11.6. The van der Waals surface area contributed by atoms with Gasteiger partial charge in [-0.15, -0.1) is 5.06 Å². The van der Waals surface area contributed by atoms with Crippen LogP contribution >= 0.6 is 0 Å². The van der Waals surface area contributed by atoms with Gasteiger partial charge in [0, 0.05) is 25.0 Å². The summed E-state index contributed by atoms with van der Waals surface area (Å²) in [4.78, 5) is 62.8. The van der Waals surface area contributed by atoms with E-state index in [1.165, 1.54) is 12.2 Å². The minimum absolute atomic E-state index is 0.0548. The molecule has 2 aliphatic heterocycles. The van der Waals surface area contributed by atoms with Gasteiger partial charge in [0.15, 0.2) is 0 Å². The highest BCUT2D eigenvalue weighted by molar-refractivity contribution is 6.12. The van der Waals surface area contributed by atoms with Crippen molar-refractivity contribution in [3.05, 3.63) is 12.2 Å². The molecule has 208 valence electrons. The first-order chi connectivity index (χ1) is 18.0. The molecule has 1 saturated heterocycles. The van der Waals surface area contributed by atoms with Crippen LogP contribution in [0.3, 0.4) is 0 Å². The van der Waals surface area contributed by atoms with Crippen molar-refractivity contribution >= 4 is 29.6 Å². The summed E-state index contributed by atoms with van der Waals surface area (Å²) in [5.41, 5.74) is 0. The van der Waals surface area contributed by atoms with Gasteiger partial charge in [0.2, 0.25) is 0 Å². The van der Waals surface area contributed by atoms with E-state index in [0.29, 0.717) is 64.5 Å². The number of rotatable bonds is 22. The van der Waals surface area contributed by atoms with Crippen LogP contribution in [0.1, 0.15) is 19.3 Å². The Labute approximate surface area is 214 Å². The molecule has 0 bridgehead atoms. The van der Waals surface area contributed by atoms with Crippen molar-refractivity contribution in [3.63, 3.8) is 0 Å². The van der Waals surface area contributed by atoms with Gasteiger partial charge in [-0.1, -0.05) is 0 Å². The molecule has 0 aromatic heterocycles. The molecule has 0 spiro atoms. The van der Waals surface area contributed by atoms with E-state index in [9.17, 15) is 24.0 Å². The fraction of sp³-hybridized carbons (Fsp3) is 0.696. The lowest BCUT2D eigenvalue weighted by molar-refractivity contribution is -0.198. The van der Waals surface area contributed by atoms with Gasteiger partial charge in [-0.05, 0) is 0 Å². The van der Waals surface area contributed by atoms with Crippen LogP contribution in [0.25, 0.3) is 0 Å². The van der Waals surface area contributed by atoms with Crippen LogP contribution in [0.4, 0.5) is 0 Å². The first kappa shape index (κ1) is 30.5. The normalized spacial score (nSPS) is 15.5. The van der Waals surface area contributed by atoms with E-state index >= 15 is 0 Å². The van der Waals surface area contributed by atoms with Crippen molar-refractivity contribution in [1.29, 1.82) is 0 Å². The fourth-order valence-corrected chi connectivity index (χ4v) is 2.97. The lowest BCUT2D eigenvalue weighted by Crippen LogP contribution is -2.33. The number of hydroxylamine groups is 2. The standard InChI is InChI=1S/C23H34N2O12/c26-19-1-2-20(27)24(19)6-8-32-10-12-34-14-16-36-18-17-35-15-13-33-11-9-31-7-5-23(30)37-25-21(28)3-4-22(25)29/h1-2H,3-18H2. The zero-order valence-corrected chi connectivity index (χ0v) is 20.8. The second-order valence-electron chi connectivity index (χ2n) is 7.63. The van der Waals surface area contributed by atoms with E-state index < -0.39 is 17.8 Å². The van der Waals surface area contributed by atoms with Gasteiger partial charge >= 0.3 is 5.97 Å². The van der Waals surface area contributed by atoms with Gasteiger partial charge in [0.25, 0.3) is 23.6 Å². The van der Waals surface area contributed by atoms with Crippen LogP contribution in [0, 0.1) is 0 Å². The number of ether oxygens (including phenoxy) is 6. The number of hydrogen-bond donors (Lipinski definition) is 0. The minimum atomic E-state index is -0.707. The predicted octanol–water partition coefficient (Wildman–Crippen LogP) is -0.992. The van der Waals surface area contributed by atoms with E-state index in [2.05, 4.69) is 0 Å². The average molecular weight is 531 g/mol. The van der Waals surface area contributed by atoms with Gasteiger partial charge in [0.05, 0.1) is 92.2 Å². The summed E-state index contributed by atoms with van der Waals surface area (Å²) in [6, 6.07) is 0. The highest BCUT2D eigenvalue weighted by Gasteiger charge is 2.32. The molecular formula is C23H34N2O12. The molecule has 14 heteroatoms. The lowest BCUT2D eigenvalue weighted by atomic mass is 10.4. The lowest BCUT2D eigenvalue weighted by Gasteiger charge is -2.13. The Morgan fingerprint density at radius 2 is 0.973 bits per heavy atom. The van der Waals surface area contributed by atoms with Crippen LogP contribution in [0.5, 0.6) is 0 Å². The van der Waals surface area contributed by atoms with Crippen molar-refractivity contribution in [2.24, 2.45) is 0 Å². The zero-order chi connectivity index (χ0) is 26.7. The summed E-state index contributed by atoms with van der Waals surface area (Å²) in [6.45, 7) is 4.33. The van der Waals surface area contributed by atoms with E-state index in [4.69, 9.17) is 33.3 Å². The molecule has 0 saturated carbocycles. The van der Waals surface area contributed by atoms with Crippen molar-refractivity contribution in [3.8, 4) is 0 Å². The molecule has 2 heterocycles. The van der Waals surface area contributed by atoms with Crippen LogP contribution in [-0.2, 0) is 57.2 Å². The van der Waals surface area contributed by atoms with Crippen molar-refractivity contribution < 1.29 is 57.2 Å². The monoisotopic (exact) mass is 530 g/mol. The molecule has 0 atom stereocenters. The number of amides is 4. The summed E-state index contributed by atoms with van der Waals surface area (Å²) >= 11 is 0. The highest BCUT2D eigenvalue weighted by Crippen LogP contribution is 2.12. The first-order valence-corrected chi connectivity index (χ1v) is 12.1. The van der Waals surface area contributed by atoms with Crippen LogP contribution in [-0.4, -0.2) is 125 Å². The second kappa shape index (κ2) is 18.5. The Hall–Kier alpha value is -2.75. The van der Waals surface area contributed by atoms with Gasteiger partial charge in [-0.2, -0.15) is 0 Å². The summed E-state index contributed by atoms with van der Waals surface area (Å²) in [7, 11) is 0. The first-order valence-electron chi connectivity index (χ1n) is 12.1. The number of imide groups is 2. The predicted molar refractivity (Wildman–Crippen MR) is 123 cm³/mol. The third-order valence-corrected chi connectivity index (χ3v) is 4.87. The van der Waals surface area contributed by atoms with Crippen molar-refractivity contribution in [1.82, 2.24) is 9.96 Å². The molecule has 0 N–H and O–H groups in total. The molecule has 0 radical (unpaired) electrons. The molecule has 0 aromatic carbocycles. The van der Waals surface area contributed by atoms with E-state index in [0.717, 1.165) is 4.90 Å². The molecule has 0 unspecified atom stereocenters. The molecule has 2 aliphatic rings. The van der Waals surface area contributed by atoms with Crippen LogP contribution in [0.2, 0.25) is 0 Å². The zero-order valence-electron chi connectivity index (χ0n) is 20.8. The molecule has 0 aliphatic carbocycles. The van der Waals surface area contributed by atoms with Crippen LogP contribution < -0.4 is 0 Å². The number of carbonyl (C=O) groups is 5. The Bertz CT molecular complexity index is 754. The summed E-state index contributed by atoms with van der Waals surface area (Å²) in [5, 5.41) is 0.509. The SMILES string of the molecule is O=C(CCOCCOCCOCCOCCOCCOCCN1C(=O)C=CC1=O)ON1C(=O)CCC1=O. The van der Waals surface area contributed by atoms with Gasteiger partial charge in [0.1, 0.15) is 0 Å².